The van der Waals surface area contributed by atoms with E-state index >= 15 is 0 Å². The predicted molar refractivity (Wildman–Crippen MR) is 80.2 cm³/mol. The van der Waals surface area contributed by atoms with E-state index in [1.165, 1.54) is 4.68 Å². The number of hydrogen-bond donors (Lipinski definition) is 2. The van der Waals surface area contributed by atoms with E-state index in [-0.39, 0.29) is 18.2 Å². The molecule has 22 heavy (non-hydrogen) atoms. The number of rotatable bonds is 4. The number of nitrogens with one attached hydrogen (secondary N) is 2. The van der Waals surface area contributed by atoms with E-state index in [0.29, 0.717) is 18.3 Å². The van der Waals surface area contributed by atoms with Crippen molar-refractivity contribution in [3.8, 4) is 0 Å². The average Bonchev–Trinajstić information content (AvgIpc) is 2.87. The Morgan fingerprint density at radius 1 is 1.41 bits per heavy atom. The van der Waals surface area contributed by atoms with Crippen molar-refractivity contribution in [2.45, 2.75) is 25.8 Å². The van der Waals surface area contributed by atoms with Gasteiger partial charge in [-0.05, 0) is 18.9 Å². The Balaban J connectivity index is 1.64. The molecule has 1 aliphatic heterocycles. The standard InChI is InChI=1S/C15H17N5O2/c1-10-17-15-18-13(21)9-12(20(15)19-10)14(22)16-8-7-11-5-3-2-4-6-11/h2-6,12H,7-9H2,1H3,(H,16,22)(H,17,18,19,21)/t12-/m0/s1. The van der Waals surface area contributed by atoms with E-state index in [4.69, 9.17) is 0 Å². The summed E-state index contributed by atoms with van der Waals surface area (Å²) in [5.41, 5.74) is 1.15. The van der Waals surface area contributed by atoms with Gasteiger partial charge in [0, 0.05) is 6.54 Å². The number of carbonyl (C=O) groups is 2. The fourth-order valence-electron chi connectivity index (χ4n) is 2.47. The van der Waals surface area contributed by atoms with E-state index in [1.54, 1.807) is 6.92 Å². The molecule has 7 heteroatoms. The third kappa shape index (κ3) is 2.98. The molecule has 7 nitrogen and oxygen atoms in total. The molecule has 0 radical (unpaired) electrons. The fraction of sp³-hybridized carbons (Fsp3) is 0.333. The second-order valence-electron chi connectivity index (χ2n) is 5.22. The molecule has 0 aliphatic carbocycles. The highest BCUT2D eigenvalue weighted by atomic mass is 16.2. The Kier molecular flexibility index (Phi) is 3.86. The van der Waals surface area contributed by atoms with Gasteiger partial charge in [-0.3, -0.25) is 14.9 Å². The second-order valence-corrected chi connectivity index (χ2v) is 5.22. The summed E-state index contributed by atoms with van der Waals surface area (Å²) in [6.07, 6.45) is 0.821. The Bertz CT molecular complexity index is 695. The summed E-state index contributed by atoms with van der Waals surface area (Å²) in [4.78, 5) is 28.1. The van der Waals surface area contributed by atoms with Crippen molar-refractivity contribution in [2.75, 3.05) is 11.9 Å². The van der Waals surface area contributed by atoms with Crippen LogP contribution in [0.2, 0.25) is 0 Å². The fourth-order valence-corrected chi connectivity index (χ4v) is 2.47. The van der Waals surface area contributed by atoms with Crippen molar-refractivity contribution in [1.29, 1.82) is 0 Å². The summed E-state index contributed by atoms with van der Waals surface area (Å²) < 4.78 is 1.48. The van der Waals surface area contributed by atoms with E-state index in [0.717, 1.165) is 12.0 Å². The van der Waals surface area contributed by atoms with Crippen molar-refractivity contribution in [2.24, 2.45) is 0 Å². The molecule has 2 amide bonds. The zero-order chi connectivity index (χ0) is 15.5. The summed E-state index contributed by atoms with van der Waals surface area (Å²) in [5.74, 6) is 0.427. The number of aryl methyl sites for hydroxylation is 1. The Labute approximate surface area is 127 Å². The molecule has 1 aliphatic rings. The van der Waals surface area contributed by atoms with Gasteiger partial charge in [0.15, 0.2) is 0 Å². The normalized spacial score (nSPS) is 16.8. The monoisotopic (exact) mass is 299 g/mol. The highest BCUT2D eigenvalue weighted by molar-refractivity contribution is 5.96. The molecule has 2 aromatic rings. The molecule has 2 N–H and O–H groups in total. The third-order valence-electron chi connectivity index (χ3n) is 3.52. The minimum absolute atomic E-state index is 0.0764. The lowest BCUT2D eigenvalue weighted by Gasteiger charge is -2.22. The molecule has 0 saturated carbocycles. The summed E-state index contributed by atoms with van der Waals surface area (Å²) >= 11 is 0. The van der Waals surface area contributed by atoms with Gasteiger partial charge in [0.05, 0.1) is 6.42 Å². The average molecular weight is 299 g/mol. The van der Waals surface area contributed by atoms with Crippen LogP contribution in [0.1, 0.15) is 23.9 Å². The van der Waals surface area contributed by atoms with Gasteiger partial charge >= 0.3 is 0 Å². The van der Waals surface area contributed by atoms with Crippen LogP contribution < -0.4 is 10.6 Å². The van der Waals surface area contributed by atoms with Gasteiger partial charge in [0.25, 0.3) is 0 Å². The van der Waals surface area contributed by atoms with Crippen LogP contribution in [-0.2, 0) is 16.0 Å². The topological polar surface area (TPSA) is 88.9 Å². The quantitative estimate of drug-likeness (QED) is 0.875. The van der Waals surface area contributed by atoms with Crippen LogP contribution >= 0.6 is 0 Å². The number of amides is 2. The van der Waals surface area contributed by atoms with Crippen LogP contribution in [0, 0.1) is 6.92 Å². The lowest BCUT2D eigenvalue weighted by molar-refractivity contribution is -0.128. The second kappa shape index (κ2) is 5.97. The van der Waals surface area contributed by atoms with E-state index in [1.807, 2.05) is 30.3 Å². The largest absolute Gasteiger partial charge is 0.354 e. The number of aromatic nitrogens is 3. The van der Waals surface area contributed by atoms with Crippen molar-refractivity contribution in [1.82, 2.24) is 20.1 Å². The van der Waals surface area contributed by atoms with E-state index in [9.17, 15) is 9.59 Å². The molecule has 1 atom stereocenters. The van der Waals surface area contributed by atoms with Crippen LogP contribution in [0.4, 0.5) is 5.95 Å². The molecule has 3 rings (SSSR count). The van der Waals surface area contributed by atoms with Crippen LogP contribution in [0.3, 0.4) is 0 Å². The molecule has 0 bridgehead atoms. The molecule has 0 unspecified atom stereocenters. The molecule has 1 aromatic heterocycles. The minimum atomic E-state index is -0.638. The lowest BCUT2D eigenvalue weighted by atomic mass is 10.1. The number of carbonyl (C=O) groups excluding carboxylic acids is 2. The maximum absolute atomic E-state index is 12.3. The first-order chi connectivity index (χ1) is 10.6. The van der Waals surface area contributed by atoms with Crippen LogP contribution in [0.5, 0.6) is 0 Å². The molecular weight excluding hydrogens is 282 g/mol. The SMILES string of the molecule is Cc1nc2n(n1)[C@H](C(=O)NCCc1ccccc1)CC(=O)N2. The Morgan fingerprint density at radius 3 is 2.95 bits per heavy atom. The van der Waals surface area contributed by atoms with Crippen molar-refractivity contribution in [3.05, 3.63) is 41.7 Å². The first kappa shape index (κ1) is 14.2. The van der Waals surface area contributed by atoms with Gasteiger partial charge < -0.3 is 5.32 Å². The summed E-state index contributed by atoms with van der Waals surface area (Å²) in [6.45, 7) is 2.24. The van der Waals surface area contributed by atoms with Gasteiger partial charge in [-0.25, -0.2) is 4.68 Å². The number of hydrogen-bond acceptors (Lipinski definition) is 4. The molecule has 1 aromatic carbocycles. The Morgan fingerprint density at radius 2 is 2.18 bits per heavy atom. The molecule has 114 valence electrons. The minimum Gasteiger partial charge on any atom is -0.354 e. The van der Waals surface area contributed by atoms with Crippen molar-refractivity contribution in [3.63, 3.8) is 0 Å². The molecular formula is C15H17N5O2. The number of nitrogens with zero attached hydrogens (tertiary/aromatic N) is 3. The van der Waals surface area contributed by atoms with Gasteiger partial charge in [-0.15, -0.1) is 0 Å². The Hall–Kier alpha value is -2.70. The maximum Gasteiger partial charge on any atom is 0.245 e. The van der Waals surface area contributed by atoms with Crippen molar-refractivity contribution >= 4 is 17.8 Å². The van der Waals surface area contributed by atoms with E-state index < -0.39 is 6.04 Å². The lowest BCUT2D eigenvalue weighted by Crippen LogP contribution is -2.39. The third-order valence-corrected chi connectivity index (χ3v) is 3.52. The summed E-state index contributed by atoms with van der Waals surface area (Å²) in [5, 5.41) is 9.67. The van der Waals surface area contributed by atoms with Gasteiger partial charge in [0.2, 0.25) is 17.8 Å². The molecule has 0 fully saturated rings. The van der Waals surface area contributed by atoms with Crippen LogP contribution in [0.15, 0.2) is 30.3 Å². The predicted octanol–water partition coefficient (Wildman–Crippen LogP) is 0.829. The van der Waals surface area contributed by atoms with Gasteiger partial charge in [-0.2, -0.15) is 10.1 Å². The van der Waals surface area contributed by atoms with Crippen LogP contribution in [-0.4, -0.2) is 33.1 Å². The van der Waals surface area contributed by atoms with Crippen LogP contribution in [0.25, 0.3) is 0 Å². The molecule has 0 saturated heterocycles. The molecule has 0 spiro atoms. The number of fused-ring (bicyclic) bond motifs is 1. The smallest absolute Gasteiger partial charge is 0.245 e. The van der Waals surface area contributed by atoms with Gasteiger partial charge in [0.1, 0.15) is 11.9 Å². The zero-order valence-electron chi connectivity index (χ0n) is 12.2. The number of benzene rings is 1. The first-order valence-electron chi connectivity index (χ1n) is 7.18. The summed E-state index contributed by atoms with van der Waals surface area (Å²) in [6, 6.07) is 9.27. The first-order valence-corrected chi connectivity index (χ1v) is 7.18. The van der Waals surface area contributed by atoms with Crippen molar-refractivity contribution < 1.29 is 9.59 Å². The highest BCUT2D eigenvalue weighted by Gasteiger charge is 2.32. The molecule has 2 heterocycles. The zero-order valence-corrected chi connectivity index (χ0v) is 12.2. The van der Waals surface area contributed by atoms with Gasteiger partial charge in [-0.1, -0.05) is 30.3 Å². The van der Waals surface area contributed by atoms with E-state index in [2.05, 4.69) is 20.7 Å². The highest BCUT2D eigenvalue weighted by Crippen LogP contribution is 2.22. The maximum atomic E-state index is 12.3. The summed E-state index contributed by atoms with van der Waals surface area (Å²) in [7, 11) is 0. The number of anilines is 1.